The van der Waals surface area contributed by atoms with E-state index in [1.807, 2.05) is 17.9 Å². The van der Waals surface area contributed by atoms with E-state index in [0.717, 1.165) is 30.4 Å². The van der Waals surface area contributed by atoms with Gasteiger partial charge in [0.2, 0.25) is 5.91 Å². The molecule has 168 valence electrons. The molecule has 0 atom stereocenters. The van der Waals surface area contributed by atoms with Gasteiger partial charge >= 0.3 is 0 Å². The second kappa shape index (κ2) is 9.46. The molecule has 2 aromatic heterocycles. The normalized spacial score (nSPS) is 14.3. The van der Waals surface area contributed by atoms with Gasteiger partial charge in [0.25, 0.3) is 0 Å². The number of carbonyl (C=O) groups excluding carboxylic acids is 1. The van der Waals surface area contributed by atoms with Gasteiger partial charge in [-0.1, -0.05) is 26.0 Å². The second-order valence-corrected chi connectivity index (χ2v) is 8.35. The summed E-state index contributed by atoms with van der Waals surface area (Å²) in [6, 6.07) is 8.40. The summed E-state index contributed by atoms with van der Waals surface area (Å²) < 4.78 is 19.6. The Labute approximate surface area is 187 Å². The topological polar surface area (TPSA) is 75.4 Å². The van der Waals surface area contributed by atoms with Crippen LogP contribution in [0.3, 0.4) is 0 Å². The second-order valence-electron chi connectivity index (χ2n) is 8.35. The van der Waals surface area contributed by atoms with E-state index in [2.05, 4.69) is 28.7 Å². The SMILES string of the molecule is Cc1cc(N2CCN(C(=O)CCc3ncc(-c4ccccc4F)o3)CC2)nc(C(C)C)n1. The quantitative estimate of drug-likeness (QED) is 0.581. The molecule has 1 aromatic carbocycles. The summed E-state index contributed by atoms with van der Waals surface area (Å²) in [5, 5.41) is 0. The molecule has 1 amide bonds. The molecular formula is C24H28FN5O2. The number of anilines is 1. The predicted octanol–water partition coefficient (Wildman–Crippen LogP) is 3.98. The highest BCUT2D eigenvalue weighted by Gasteiger charge is 2.23. The van der Waals surface area contributed by atoms with E-state index in [0.29, 0.717) is 43.1 Å². The summed E-state index contributed by atoms with van der Waals surface area (Å²) in [7, 11) is 0. The van der Waals surface area contributed by atoms with Crippen LogP contribution in [0.1, 0.15) is 43.6 Å². The molecule has 1 aliphatic rings. The van der Waals surface area contributed by atoms with Crippen LogP contribution in [-0.4, -0.2) is 51.9 Å². The first kappa shape index (κ1) is 21.9. The van der Waals surface area contributed by atoms with Crippen LogP contribution in [0.5, 0.6) is 0 Å². The number of halogens is 1. The van der Waals surface area contributed by atoms with Crippen LogP contribution >= 0.6 is 0 Å². The van der Waals surface area contributed by atoms with Gasteiger partial charge in [0, 0.05) is 56.7 Å². The molecule has 1 fully saturated rings. The lowest BCUT2D eigenvalue weighted by atomic mass is 10.2. The molecule has 7 nitrogen and oxygen atoms in total. The van der Waals surface area contributed by atoms with Gasteiger partial charge in [0.15, 0.2) is 11.7 Å². The van der Waals surface area contributed by atoms with Crippen molar-refractivity contribution in [2.45, 2.75) is 39.5 Å². The van der Waals surface area contributed by atoms with Gasteiger partial charge in [0.1, 0.15) is 17.5 Å². The summed E-state index contributed by atoms with van der Waals surface area (Å²) >= 11 is 0. The zero-order valence-electron chi connectivity index (χ0n) is 18.7. The van der Waals surface area contributed by atoms with Gasteiger partial charge in [-0.05, 0) is 19.1 Å². The molecule has 0 spiro atoms. The van der Waals surface area contributed by atoms with Crippen molar-refractivity contribution in [3.05, 3.63) is 59.8 Å². The molecule has 0 radical (unpaired) electrons. The molecule has 1 saturated heterocycles. The van der Waals surface area contributed by atoms with E-state index in [1.54, 1.807) is 18.2 Å². The van der Waals surface area contributed by atoms with Gasteiger partial charge in [-0.25, -0.2) is 19.3 Å². The fourth-order valence-corrected chi connectivity index (χ4v) is 3.76. The lowest BCUT2D eigenvalue weighted by Gasteiger charge is -2.35. The fraction of sp³-hybridized carbons (Fsp3) is 0.417. The van der Waals surface area contributed by atoms with Crippen LogP contribution < -0.4 is 4.90 Å². The predicted molar refractivity (Wildman–Crippen MR) is 120 cm³/mol. The Bertz CT molecular complexity index is 1090. The van der Waals surface area contributed by atoms with Crippen molar-refractivity contribution >= 4 is 11.7 Å². The van der Waals surface area contributed by atoms with E-state index >= 15 is 0 Å². The molecule has 0 saturated carbocycles. The number of aromatic nitrogens is 3. The van der Waals surface area contributed by atoms with Crippen LogP contribution in [0.4, 0.5) is 10.2 Å². The van der Waals surface area contributed by atoms with E-state index < -0.39 is 0 Å². The third kappa shape index (κ3) is 4.95. The fourth-order valence-electron chi connectivity index (χ4n) is 3.76. The Hall–Kier alpha value is -3.29. The Balaban J connectivity index is 1.31. The monoisotopic (exact) mass is 437 g/mol. The van der Waals surface area contributed by atoms with Crippen molar-refractivity contribution in [2.24, 2.45) is 0 Å². The third-order valence-corrected chi connectivity index (χ3v) is 5.58. The summed E-state index contributed by atoms with van der Waals surface area (Å²) in [6.07, 6.45) is 2.20. The number of hydrogen-bond donors (Lipinski definition) is 0. The Kier molecular flexibility index (Phi) is 6.48. The Morgan fingerprint density at radius 3 is 2.62 bits per heavy atom. The molecule has 8 heteroatoms. The first-order valence-electron chi connectivity index (χ1n) is 11.0. The van der Waals surface area contributed by atoms with Crippen molar-refractivity contribution in [1.29, 1.82) is 0 Å². The number of nitrogens with zero attached hydrogens (tertiary/aromatic N) is 5. The molecule has 3 heterocycles. The average Bonchev–Trinajstić information content (AvgIpc) is 3.26. The number of hydrogen-bond acceptors (Lipinski definition) is 6. The minimum absolute atomic E-state index is 0.0667. The van der Waals surface area contributed by atoms with E-state index in [-0.39, 0.29) is 17.6 Å². The summed E-state index contributed by atoms with van der Waals surface area (Å²) in [5.41, 5.74) is 1.33. The largest absolute Gasteiger partial charge is 0.441 e. The van der Waals surface area contributed by atoms with Crippen molar-refractivity contribution in [3.8, 4) is 11.3 Å². The molecule has 0 bridgehead atoms. The molecule has 3 aromatic rings. The molecule has 32 heavy (non-hydrogen) atoms. The molecular weight excluding hydrogens is 409 g/mol. The van der Waals surface area contributed by atoms with Crippen LogP contribution in [0.2, 0.25) is 0 Å². The van der Waals surface area contributed by atoms with Crippen molar-refractivity contribution in [3.63, 3.8) is 0 Å². The van der Waals surface area contributed by atoms with Crippen LogP contribution in [-0.2, 0) is 11.2 Å². The van der Waals surface area contributed by atoms with Gasteiger partial charge in [-0.2, -0.15) is 0 Å². The van der Waals surface area contributed by atoms with Crippen LogP contribution in [0, 0.1) is 12.7 Å². The average molecular weight is 438 g/mol. The van der Waals surface area contributed by atoms with E-state index in [4.69, 9.17) is 9.40 Å². The summed E-state index contributed by atoms with van der Waals surface area (Å²) in [6.45, 7) is 8.91. The number of rotatable bonds is 6. The first-order valence-corrected chi connectivity index (χ1v) is 11.0. The zero-order chi connectivity index (χ0) is 22.7. The highest BCUT2D eigenvalue weighted by molar-refractivity contribution is 5.76. The highest BCUT2D eigenvalue weighted by atomic mass is 19.1. The maximum atomic E-state index is 13.9. The van der Waals surface area contributed by atoms with Gasteiger partial charge in [-0.15, -0.1) is 0 Å². The summed E-state index contributed by atoms with van der Waals surface area (Å²) in [5.74, 6) is 2.56. The lowest BCUT2D eigenvalue weighted by Crippen LogP contribution is -2.49. The molecule has 0 unspecified atom stereocenters. The van der Waals surface area contributed by atoms with Crippen LogP contribution in [0.15, 0.2) is 40.9 Å². The number of benzene rings is 1. The minimum atomic E-state index is -0.358. The van der Waals surface area contributed by atoms with Crippen molar-refractivity contribution in [1.82, 2.24) is 19.9 Å². The number of aryl methyl sites for hydroxylation is 2. The maximum absolute atomic E-state index is 13.9. The van der Waals surface area contributed by atoms with Crippen LogP contribution in [0.25, 0.3) is 11.3 Å². The molecule has 0 aliphatic carbocycles. The molecule has 0 N–H and O–H groups in total. The van der Waals surface area contributed by atoms with E-state index in [1.165, 1.54) is 12.3 Å². The summed E-state index contributed by atoms with van der Waals surface area (Å²) in [4.78, 5) is 30.2. The van der Waals surface area contributed by atoms with Crippen molar-refractivity contribution < 1.29 is 13.6 Å². The number of amides is 1. The maximum Gasteiger partial charge on any atom is 0.223 e. The minimum Gasteiger partial charge on any atom is -0.441 e. The highest BCUT2D eigenvalue weighted by Crippen LogP contribution is 2.24. The van der Waals surface area contributed by atoms with Gasteiger partial charge in [-0.3, -0.25) is 4.79 Å². The molecule has 1 aliphatic heterocycles. The standard InChI is InChI=1S/C24H28FN5O2/c1-16(2)24-27-17(3)14-21(28-24)29-10-12-30(13-11-29)23(31)9-8-22-26-15-20(32-22)18-6-4-5-7-19(18)25/h4-7,14-16H,8-13H2,1-3H3. The number of piperazine rings is 1. The zero-order valence-corrected chi connectivity index (χ0v) is 18.7. The molecule has 4 rings (SSSR count). The Morgan fingerprint density at radius 1 is 1.16 bits per heavy atom. The van der Waals surface area contributed by atoms with E-state index in [9.17, 15) is 9.18 Å². The van der Waals surface area contributed by atoms with Gasteiger partial charge < -0.3 is 14.2 Å². The number of carbonyl (C=O) groups is 1. The van der Waals surface area contributed by atoms with Crippen molar-refractivity contribution in [2.75, 3.05) is 31.1 Å². The first-order chi connectivity index (χ1) is 15.4. The smallest absolute Gasteiger partial charge is 0.223 e. The number of oxazole rings is 1. The van der Waals surface area contributed by atoms with Gasteiger partial charge in [0.05, 0.1) is 11.8 Å². The third-order valence-electron chi connectivity index (χ3n) is 5.58. The Morgan fingerprint density at radius 2 is 1.91 bits per heavy atom. The lowest BCUT2D eigenvalue weighted by molar-refractivity contribution is -0.131.